The van der Waals surface area contributed by atoms with Crippen molar-refractivity contribution in [2.75, 3.05) is 38.0 Å². The van der Waals surface area contributed by atoms with E-state index in [1.165, 1.54) is 0 Å². The van der Waals surface area contributed by atoms with Crippen LogP contribution >= 0.6 is 0 Å². The summed E-state index contributed by atoms with van der Waals surface area (Å²) in [5.74, 6) is 0.229. The highest BCUT2D eigenvalue weighted by molar-refractivity contribution is 6.01. The number of aromatic nitrogens is 2. The third-order valence-corrected chi connectivity index (χ3v) is 6.01. The number of ketones is 1. The van der Waals surface area contributed by atoms with E-state index < -0.39 is 0 Å². The molecule has 2 aliphatic rings. The number of aryl methyl sites for hydroxylation is 1. The Morgan fingerprint density at radius 3 is 2.74 bits per heavy atom. The fourth-order valence-corrected chi connectivity index (χ4v) is 4.32. The van der Waals surface area contributed by atoms with E-state index in [2.05, 4.69) is 15.3 Å². The fraction of sp³-hybridized carbons (Fsp3) is 0.478. The van der Waals surface area contributed by atoms with Gasteiger partial charge in [0, 0.05) is 37.1 Å². The second-order valence-electron chi connectivity index (χ2n) is 8.45. The lowest BCUT2D eigenvalue weighted by atomic mass is 9.96. The second-order valence-corrected chi connectivity index (χ2v) is 8.45. The van der Waals surface area contributed by atoms with E-state index in [0.717, 1.165) is 51.0 Å². The highest BCUT2D eigenvalue weighted by atomic mass is 16.2. The third kappa shape index (κ3) is 5.19. The molecule has 2 aliphatic heterocycles. The van der Waals surface area contributed by atoms with E-state index in [4.69, 9.17) is 0 Å². The molecule has 2 saturated heterocycles. The topological polar surface area (TPSA) is 98.4 Å². The smallest absolute Gasteiger partial charge is 0.270 e. The molecule has 0 bridgehead atoms. The van der Waals surface area contributed by atoms with Gasteiger partial charge >= 0.3 is 0 Å². The van der Waals surface area contributed by atoms with Gasteiger partial charge in [-0.3, -0.25) is 19.3 Å². The average molecular weight is 424 g/mol. The molecule has 8 heteroatoms. The summed E-state index contributed by atoms with van der Waals surface area (Å²) in [6.45, 7) is 4.98. The molecule has 8 nitrogen and oxygen atoms in total. The highest BCUT2D eigenvalue weighted by Crippen LogP contribution is 2.20. The number of anilines is 1. The van der Waals surface area contributed by atoms with Crippen LogP contribution in [-0.2, 0) is 4.79 Å². The summed E-state index contributed by atoms with van der Waals surface area (Å²) in [5, 5.41) is 2.89. The van der Waals surface area contributed by atoms with Crippen LogP contribution in [0.15, 0.2) is 30.5 Å². The van der Waals surface area contributed by atoms with Crippen LogP contribution in [0, 0.1) is 12.8 Å². The van der Waals surface area contributed by atoms with Crippen molar-refractivity contribution in [1.29, 1.82) is 0 Å². The van der Waals surface area contributed by atoms with Crippen LogP contribution in [0.25, 0.3) is 0 Å². The monoisotopic (exact) mass is 423 g/mol. The summed E-state index contributed by atoms with van der Waals surface area (Å²) in [6, 6.07) is 7.18. The first-order chi connectivity index (χ1) is 15.0. The summed E-state index contributed by atoms with van der Waals surface area (Å²) in [5.41, 5.74) is 1.83. The first-order valence-corrected chi connectivity index (χ1v) is 11.0. The molecule has 2 aromatic rings. The molecule has 2 fully saturated rings. The van der Waals surface area contributed by atoms with Gasteiger partial charge in [-0.2, -0.15) is 0 Å². The van der Waals surface area contributed by atoms with Crippen LogP contribution in [-0.4, -0.2) is 70.1 Å². The molecule has 0 spiro atoms. The fourth-order valence-electron chi connectivity index (χ4n) is 4.32. The number of carbonyl (C=O) groups is 3. The van der Waals surface area contributed by atoms with Crippen LogP contribution in [0.4, 0.5) is 5.82 Å². The van der Waals surface area contributed by atoms with Gasteiger partial charge < -0.3 is 15.2 Å². The van der Waals surface area contributed by atoms with Gasteiger partial charge in [0.15, 0.2) is 5.78 Å². The summed E-state index contributed by atoms with van der Waals surface area (Å²) in [7, 11) is 0. The number of likely N-dealkylation sites (tertiary alicyclic amines) is 2. The molecule has 0 saturated carbocycles. The summed E-state index contributed by atoms with van der Waals surface area (Å²) >= 11 is 0. The predicted molar refractivity (Wildman–Crippen MR) is 117 cm³/mol. The number of hydrogen-bond acceptors (Lipinski definition) is 5. The van der Waals surface area contributed by atoms with Crippen molar-refractivity contribution in [3.05, 3.63) is 47.4 Å². The summed E-state index contributed by atoms with van der Waals surface area (Å²) in [4.78, 5) is 49.1. The molecular weight excluding hydrogens is 394 g/mol. The number of aromatic amines is 1. The number of hydrogen-bond donors (Lipinski definition) is 2. The van der Waals surface area contributed by atoms with Gasteiger partial charge in [-0.1, -0.05) is 6.07 Å². The van der Waals surface area contributed by atoms with Crippen LogP contribution in [0.3, 0.4) is 0 Å². The molecule has 2 aromatic heterocycles. The number of H-pyrrole nitrogens is 1. The lowest BCUT2D eigenvalue weighted by Crippen LogP contribution is -2.42. The molecule has 0 aromatic carbocycles. The van der Waals surface area contributed by atoms with Crippen LogP contribution in [0.1, 0.15) is 52.2 Å². The molecule has 2 N–H and O–H groups in total. The molecule has 31 heavy (non-hydrogen) atoms. The minimum atomic E-state index is -0.178. The molecule has 4 heterocycles. The van der Waals surface area contributed by atoms with Gasteiger partial charge in [0.2, 0.25) is 5.91 Å². The average Bonchev–Trinajstić information content (AvgIpc) is 3.46. The molecule has 0 aliphatic carbocycles. The Hall–Kier alpha value is -3.00. The Morgan fingerprint density at radius 2 is 1.97 bits per heavy atom. The highest BCUT2D eigenvalue weighted by Gasteiger charge is 2.28. The van der Waals surface area contributed by atoms with Gasteiger partial charge in [-0.25, -0.2) is 4.98 Å². The van der Waals surface area contributed by atoms with E-state index in [-0.39, 0.29) is 30.1 Å². The lowest BCUT2D eigenvalue weighted by Gasteiger charge is -2.31. The number of nitrogens with zero attached hydrogens (tertiary/aromatic N) is 3. The zero-order valence-electron chi connectivity index (χ0n) is 17.9. The first-order valence-electron chi connectivity index (χ1n) is 11.0. The van der Waals surface area contributed by atoms with E-state index >= 15 is 0 Å². The summed E-state index contributed by atoms with van der Waals surface area (Å²) < 4.78 is 0. The largest absolute Gasteiger partial charge is 0.356 e. The Bertz CT molecular complexity index is 964. The van der Waals surface area contributed by atoms with Crippen molar-refractivity contribution < 1.29 is 14.4 Å². The van der Waals surface area contributed by atoms with Crippen molar-refractivity contribution in [3.63, 3.8) is 0 Å². The molecule has 4 rings (SSSR count). The van der Waals surface area contributed by atoms with Gasteiger partial charge in [-0.15, -0.1) is 0 Å². The molecule has 164 valence electrons. The molecular formula is C23H29N5O3. The van der Waals surface area contributed by atoms with Crippen molar-refractivity contribution >= 4 is 23.4 Å². The number of piperidine rings is 1. The maximum atomic E-state index is 12.8. The second kappa shape index (κ2) is 9.43. The van der Waals surface area contributed by atoms with Crippen molar-refractivity contribution in [1.82, 2.24) is 19.8 Å². The van der Waals surface area contributed by atoms with Crippen molar-refractivity contribution in [3.8, 4) is 0 Å². The van der Waals surface area contributed by atoms with Gasteiger partial charge in [0.1, 0.15) is 11.5 Å². The maximum absolute atomic E-state index is 12.8. The van der Waals surface area contributed by atoms with Gasteiger partial charge in [0.05, 0.1) is 12.5 Å². The van der Waals surface area contributed by atoms with Crippen molar-refractivity contribution in [2.24, 2.45) is 5.92 Å². The number of amides is 2. The van der Waals surface area contributed by atoms with E-state index in [0.29, 0.717) is 23.6 Å². The molecule has 2 amide bonds. The number of rotatable bonds is 6. The Morgan fingerprint density at radius 1 is 1.16 bits per heavy atom. The predicted octanol–water partition coefficient (Wildman–Crippen LogP) is 2.49. The van der Waals surface area contributed by atoms with E-state index in [9.17, 15) is 14.4 Å². The maximum Gasteiger partial charge on any atom is 0.270 e. The number of Topliss-reactive ketones (excluding diaryl/α,β-unsaturated/α-hetero) is 1. The first kappa shape index (κ1) is 21.2. The molecule has 1 unspecified atom stereocenters. The standard InChI is InChI=1S/C23H29N5O3/c1-16-6-4-8-21(25-16)26-22(30)17-7-5-9-27(14-17)15-20(29)18-12-19(24-13-18)23(31)28-10-2-3-11-28/h4,6,8,12-13,17,24H,2-3,5,7,9-11,14-15H2,1H3,(H,25,26,30). The molecule has 1 atom stereocenters. The molecule has 0 radical (unpaired) electrons. The minimum Gasteiger partial charge on any atom is -0.356 e. The quantitative estimate of drug-likeness (QED) is 0.696. The SMILES string of the molecule is Cc1cccc(NC(=O)C2CCCN(CC(=O)c3c[nH]c(C(=O)N4CCCC4)c3)C2)n1. The number of nitrogens with one attached hydrogen (secondary N) is 2. The Labute approximate surface area is 182 Å². The summed E-state index contributed by atoms with van der Waals surface area (Å²) in [6.07, 6.45) is 5.33. The zero-order valence-corrected chi connectivity index (χ0v) is 17.9. The normalized spacial score (nSPS) is 19.4. The third-order valence-electron chi connectivity index (χ3n) is 6.01. The minimum absolute atomic E-state index is 0.0434. The van der Waals surface area contributed by atoms with Crippen LogP contribution in [0.5, 0.6) is 0 Å². The van der Waals surface area contributed by atoms with Gasteiger partial charge in [0.25, 0.3) is 5.91 Å². The Kier molecular flexibility index (Phi) is 6.46. The number of pyridine rings is 1. The van der Waals surface area contributed by atoms with Crippen LogP contribution in [0.2, 0.25) is 0 Å². The van der Waals surface area contributed by atoms with Crippen molar-refractivity contribution in [2.45, 2.75) is 32.6 Å². The zero-order chi connectivity index (χ0) is 21.8. The van der Waals surface area contributed by atoms with Gasteiger partial charge in [-0.05, 0) is 57.4 Å². The number of carbonyl (C=O) groups excluding carboxylic acids is 3. The van der Waals surface area contributed by atoms with Crippen LogP contribution < -0.4 is 5.32 Å². The van der Waals surface area contributed by atoms with E-state index in [1.807, 2.05) is 28.9 Å². The lowest BCUT2D eigenvalue weighted by molar-refractivity contribution is -0.121. The Balaban J connectivity index is 1.32. The van der Waals surface area contributed by atoms with E-state index in [1.54, 1.807) is 18.3 Å².